The molecule has 0 aliphatic rings. The predicted molar refractivity (Wildman–Crippen MR) is 118 cm³/mol. The van der Waals surface area contributed by atoms with Crippen LogP contribution in [0.4, 0.5) is 5.69 Å². The number of amides is 1. The Balaban J connectivity index is 1.55. The van der Waals surface area contributed by atoms with Gasteiger partial charge in [-0.05, 0) is 36.4 Å². The number of hydrogen-bond donors (Lipinski definition) is 1. The molecule has 0 fully saturated rings. The minimum absolute atomic E-state index is 0.134. The second kappa shape index (κ2) is 9.91. The highest BCUT2D eigenvalue weighted by Gasteiger charge is 2.14. The highest BCUT2D eigenvalue weighted by atomic mass is 35.5. The van der Waals surface area contributed by atoms with E-state index in [1.807, 2.05) is 0 Å². The summed E-state index contributed by atoms with van der Waals surface area (Å²) in [5.41, 5.74) is 0.494. The van der Waals surface area contributed by atoms with Gasteiger partial charge in [-0.2, -0.15) is 0 Å². The van der Waals surface area contributed by atoms with E-state index in [0.29, 0.717) is 42.5 Å². The zero-order valence-corrected chi connectivity index (χ0v) is 18.8. The van der Waals surface area contributed by atoms with Gasteiger partial charge in [0.1, 0.15) is 12.4 Å². The Morgan fingerprint density at radius 1 is 1.07 bits per heavy atom. The zero-order chi connectivity index (χ0) is 21.0. The van der Waals surface area contributed by atoms with Crippen molar-refractivity contribution >= 4 is 69.8 Å². The van der Waals surface area contributed by atoms with E-state index in [2.05, 4.69) is 15.5 Å². The molecular formula is C18H14Cl4N4O2S. The number of nitrogens with one attached hydrogen (secondary N) is 1. The van der Waals surface area contributed by atoms with Crippen molar-refractivity contribution in [2.75, 3.05) is 11.1 Å². The highest BCUT2D eigenvalue weighted by Crippen LogP contribution is 2.28. The molecule has 0 saturated carbocycles. The van der Waals surface area contributed by atoms with Gasteiger partial charge in [0.25, 0.3) is 0 Å². The van der Waals surface area contributed by atoms with Gasteiger partial charge in [0, 0.05) is 17.1 Å². The Kier molecular flexibility index (Phi) is 7.54. The molecule has 1 heterocycles. The smallest absolute Gasteiger partial charge is 0.234 e. The van der Waals surface area contributed by atoms with Gasteiger partial charge in [0.2, 0.25) is 5.91 Å². The number of aromatic nitrogens is 3. The van der Waals surface area contributed by atoms with Gasteiger partial charge in [-0.3, -0.25) is 4.79 Å². The van der Waals surface area contributed by atoms with E-state index in [-0.39, 0.29) is 18.3 Å². The molecule has 0 radical (unpaired) electrons. The van der Waals surface area contributed by atoms with Gasteiger partial charge in [-0.1, -0.05) is 58.2 Å². The molecule has 3 rings (SSSR count). The molecule has 0 aliphatic carbocycles. The number of ether oxygens (including phenoxy) is 1. The fourth-order valence-electron chi connectivity index (χ4n) is 2.24. The third-order valence-corrected chi connectivity index (χ3v) is 5.81. The van der Waals surface area contributed by atoms with Crippen molar-refractivity contribution in [3.63, 3.8) is 0 Å². The van der Waals surface area contributed by atoms with Crippen LogP contribution in [-0.4, -0.2) is 26.4 Å². The molecule has 152 valence electrons. The molecule has 0 saturated heterocycles. The number of thioether (sulfide) groups is 1. The van der Waals surface area contributed by atoms with Gasteiger partial charge in [-0.25, -0.2) is 0 Å². The van der Waals surface area contributed by atoms with Crippen molar-refractivity contribution in [3.05, 3.63) is 62.3 Å². The van der Waals surface area contributed by atoms with Gasteiger partial charge in [0.15, 0.2) is 11.0 Å². The fraction of sp³-hybridized carbons (Fsp3) is 0.167. The van der Waals surface area contributed by atoms with Crippen molar-refractivity contribution in [1.29, 1.82) is 0 Å². The number of anilines is 1. The Labute approximate surface area is 191 Å². The van der Waals surface area contributed by atoms with Crippen LogP contribution in [-0.2, 0) is 18.4 Å². The van der Waals surface area contributed by atoms with E-state index in [1.165, 1.54) is 11.8 Å². The largest absolute Gasteiger partial charge is 0.484 e. The molecule has 1 amide bonds. The standard InChI is InChI=1S/C18H14Cl4N4O2S/c1-26-16(8-28-15-5-3-11(20)7-13(15)22)24-25-18(26)29-9-17(27)23-14-4-2-10(19)6-12(14)21/h2-7H,8-9H2,1H3,(H,23,27). The molecule has 29 heavy (non-hydrogen) atoms. The van der Waals surface area contributed by atoms with E-state index in [4.69, 9.17) is 51.1 Å². The molecule has 0 aliphatic heterocycles. The fourth-order valence-corrected chi connectivity index (χ4v) is 3.89. The van der Waals surface area contributed by atoms with E-state index in [1.54, 1.807) is 48.0 Å². The van der Waals surface area contributed by atoms with Crippen molar-refractivity contribution in [1.82, 2.24) is 14.8 Å². The molecule has 6 nitrogen and oxygen atoms in total. The molecule has 0 bridgehead atoms. The molecule has 1 N–H and O–H groups in total. The SMILES string of the molecule is Cn1c(COc2ccc(Cl)cc2Cl)nnc1SCC(=O)Nc1ccc(Cl)cc1Cl. The van der Waals surface area contributed by atoms with Gasteiger partial charge >= 0.3 is 0 Å². The number of halogens is 4. The lowest BCUT2D eigenvalue weighted by molar-refractivity contribution is -0.113. The van der Waals surface area contributed by atoms with Gasteiger partial charge < -0.3 is 14.6 Å². The van der Waals surface area contributed by atoms with E-state index >= 15 is 0 Å². The average Bonchev–Trinajstić information content (AvgIpc) is 3.01. The lowest BCUT2D eigenvalue weighted by Crippen LogP contribution is -2.15. The van der Waals surface area contributed by atoms with Crippen LogP contribution in [0.2, 0.25) is 20.1 Å². The first-order valence-electron chi connectivity index (χ1n) is 8.17. The number of carbonyl (C=O) groups is 1. The highest BCUT2D eigenvalue weighted by molar-refractivity contribution is 7.99. The summed E-state index contributed by atoms with van der Waals surface area (Å²) in [7, 11) is 1.79. The zero-order valence-electron chi connectivity index (χ0n) is 15.0. The summed E-state index contributed by atoms with van der Waals surface area (Å²) in [5.74, 6) is 0.981. The van der Waals surface area contributed by atoms with Crippen LogP contribution in [0.3, 0.4) is 0 Å². The van der Waals surface area contributed by atoms with E-state index in [9.17, 15) is 4.79 Å². The Morgan fingerprint density at radius 3 is 2.45 bits per heavy atom. The first-order chi connectivity index (χ1) is 13.8. The first-order valence-corrected chi connectivity index (χ1v) is 10.7. The lowest BCUT2D eigenvalue weighted by atomic mass is 10.3. The molecule has 2 aromatic carbocycles. The van der Waals surface area contributed by atoms with Crippen molar-refractivity contribution in [3.8, 4) is 5.75 Å². The summed E-state index contributed by atoms with van der Waals surface area (Å²) in [6.07, 6.45) is 0. The number of carbonyl (C=O) groups excluding carboxylic acids is 1. The Bertz CT molecular complexity index is 1040. The van der Waals surface area contributed by atoms with Gasteiger partial charge in [0.05, 0.1) is 21.5 Å². The van der Waals surface area contributed by atoms with Crippen molar-refractivity contribution < 1.29 is 9.53 Å². The second-order valence-electron chi connectivity index (χ2n) is 5.78. The maximum atomic E-state index is 12.2. The maximum absolute atomic E-state index is 12.2. The van der Waals surface area contributed by atoms with E-state index in [0.717, 1.165) is 0 Å². The minimum Gasteiger partial charge on any atom is -0.484 e. The van der Waals surface area contributed by atoms with E-state index < -0.39 is 0 Å². The summed E-state index contributed by atoms with van der Waals surface area (Å²) < 4.78 is 7.42. The van der Waals surface area contributed by atoms with Crippen LogP contribution < -0.4 is 10.1 Å². The maximum Gasteiger partial charge on any atom is 0.234 e. The van der Waals surface area contributed by atoms with Gasteiger partial charge in [-0.15, -0.1) is 10.2 Å². The third-order valence-electron chi connectivity index (χ3n) is 3.71. The van der Waals surface area contributed by atoms with Crippen LogP contribution >= 0.6 is 58.2 Å². The lowest BCUT2D eigenvalue weighted by Gasteiger charge is -2.09. The number of nitrogens with zero attached hydrogens (tertiary/aromatic N) is 3. The molecule has 0 atom stereocenters. The van der Waals surface area contributed by atoms with Crippen LogP contribution in [0.1, 0.15) is 5.82 Å². The van der Waals surface area contributed by atoms with Crippen LogP contribution in [0.25, 0.3) is 0 Å². The van der Waals surface area contributed by atoms with Crippen molar-refractivity contribution in [2.24, 2.45) is 7.05 Å². The Morgan fingerprint density at radius 2 is 1.76 bits per heavy atom. The minimum atomic E-state index is -0.229. The van der Waals surface area contributed by atoms with Crippen LogP contribution in [0.5, 0.6) is 5.75 Å². The Hall–Kier alpha value is -1.64. The summed E-state index contributed by atoms with van der Waals surface area (Å²) in [4.78, 5) is 12.2. The first kappa shape index (κ1) is 22.1. The normalized spacial score (nSPS) is 10.8. The quantitative estimate of drug-likeness (QED) is 0.427. The molecule has 1 aromatic heterocycles. The van der Waals surface area contributed by atoms with Crippen molar-refractivity contribution in [2.45, 2.75) is 11.8 Å². The monoisotopic (exact) mass is 490 g/mol. The molecular weight excluding hydrogens is 478 g/mol. The molecule has 3 aromatic rings. The summed E-state index contributed by atoms with van der Waals surface area (Å²) >= 11 is 25.1. The molecule has 0 spiro atoms. The summed E-state index contributed by atoms with van der Waals surface area (Å²) in [5, 5.41) is 13.3. The molecule has 11 heteroatoms. The second-order valence-corrected chi connectivity index (χ2v) is 8.41. The molecule has 0 unspecified atom stereocenters. The predicted octanol–water partition coefficient (Wildman–Crippen LogP) is 5.74. The number of rotatable bonds is 7. The van der Waals surface area contributed by atoms with Crippen LogP contribution in [0, 0.1) is 0 Å². The summed E-state index contributed by atoms with van der Waals surface area (Å²) in [6, 6.07) is 9.83. The topological polar surface area (TPSA) is 69.0 Å². The third kappa shape index (κ3) is 5.93. The average molecular weight is 492 g/mol. The van der Waals surface area contributed by atoms with Crippen LogP contribution in [0.15, 0.2) is 41.6 Å². The number of hydrogen-bond acceptors (Lipinski definition) is 5. The summed E-state index contributed by atoms with van der Waals surface area (Å²) in [6.45, 7) is 0.165. The number of benzene rings is 2.